The van der Waals surface area contributed by atoms with Gasteiger partial charge in [0.1, 0.15) is 12.4 Å². The van der Waals surface area contributed by atoms with E-state index in [9.17, 15) is 17.6 Å². The summed E-state index contributed by atoms with van der Waals surface area (Å²) in [5, 5.41) is 8.16. The second kappa shape index (κ2) is 10.2. The molecule has 0 atom stereocenters. The Morgan fingerprint density at radius 2 is 1.38 bits per heavy atom. The van der Waals surface area contributed by atoms with Gasteiger partial charge in [0, 0.05) is 5.56 Å². The number of fused-ring (bicyclic) bond motifs is 2. The highest BCUT2D eigenvalue weighted by Gasteiger charge is 2.27. The fraction of sp³-hybridized carbons (Fsp3) is 0.0345. The van der Waals surface area contributed by atoms with Gasteiger partial charge in [0.25, 0.3) is 15.9 Å². The Kier molecular flexibility index (Phi) is 6.66. The Labute approximate surface area is 213 Å². The van der Waals surface area contributed by atoms with Crippen LogP contribution in [0.1, 0.15) is 5.56 Å². The average molecular weight is 512 g/mol. The molecule has 0 aliphatic rings. The normalized spacial score (nSPS) is 11.7. The maximum absolute atomic E-state index is 13.5. The Hall–Kier alpha value is -4.56. The van der Waals surface area contributed by atoms with Crippen LogP contribution in [0.15, 0.2) is 119 Å². The summed E-state index contributed by atoms with van der Waals surface area (Å²) in [5.41, 5.74) is 3.44. The number of rotatable bonds is 7. The zero-order chi connectivity index (χ0) is 25.8. The van der Waals surface area contributed by atoms with Crippen LogP contribution in [0, 0.1) is 5.82 Å². The highest BCUT2D eigenvalue weighted by molar-refractivity contribution is 7.92. The van der Waals surface area contributed by atoms with Crippen LogP contribution in [0.3, 0.4) is 0 Å². The van der Waals surface area contributed by atoms with E-state index < -0.39 is 28.3 Å². The van der Waals surface area contributed by atoms with Crippen LogP contribution < -0.4 is 9.73 Å². The van der Waals surface area contributed by atoms with Gasteiger partial charge in [0.05, 0.1) is 16.8 Å². The lowest BCUT2D eigenvalue weighted by Gasteiger charge is -2.23. The molecule has 0 aliphatic heterocycles. The number of benzene rings is 5. The summed E-state index contributed by atoms with van der Waals surface area (Å²) >= 11 is 0. The maximum Gasteiger partial charge on any atom is 0.264 e. The summed E-state index contributed by atoms with van der Waals surface area (Å²) < 4.78 is 41.2. The van der Waals surface area contributed by atoms with Gasteiger partial charge in [-0.25, -0.2) is 18.2 Å². The summed E-state index contributed by atoms with van der Waals surface area (Å²) in [6.45, 7) is -0.545. The second-order valence-corrected chi connectivity index (χ2v) is 10.2. The van der Waals surface area contributed by atoms with Crippen LogP contribution >= 0.6 is 0 Å². The van der Waals surface area contributed by atoms with Gasteiger partial charge in [-0.2, -0.15) is 5.10 Å². The second-order valence-electron chi connectivity index (χ2n) is 8.33. The third kappa shape index (κ3) is 5.05. The number of carbonyl (C=O) groups is 1. The van der Waals surface area contributed by atoms with E-state index in [1.807, 2.05) is 48.5 Å². The number of halogens is 1. The molecule has 5 rings (SSSR count). The molecular weight excluding hydrogens is 489 g/mol. The topological polar surface area (TPSA) is 78.8 Å². The average Bonchev–Trinajstić information content (AvgIpc) is 2.92. The molecule has 6 nitrogen and oxygen atoms in total. The van der Waals surface area contributed by atoms with Gasteiger partial charge in [0.2, 0.25) is 0 Å². The van der Waals surface area contributed by atoms with Crippen molar-refractivity contribution < 1.29 is 17.6 Å². The smallest absolute Gasteiger partial charge is 0.264 e. The minimum Gasteiger partial charge on any atom is -0.271 e. The van der Waals surface area contributed by atoms with Crippen molar-refractivity contribution in [3.63, 3.8) is 0 Å². The largest absolute Gasteiger partial charge is 0.271 e. The highest BCUT2D eigenvalue weighted by atomic mass is 32.2. The van der Waals surface area contributed by atoms with Crippen molar-refractivity contribution in [1.82, 2.24) is 5.43 Å². The molecule has 1 amide bonds. The molecule has 0 radical (unpaired) electrons. The number of hydrogen-bond acceptors (Lipinski definition) is 4. The van der Waals surface area contributed by atoms with Crippen molar-refractivity contribution in [2.45, 2.75) is 4.90 Å². The van der Waals surface area contributed by atoms with Crippen LogP contribution in [-0.2, 0) is 14.8 Å². The summed E-state index contributed by atoms with van der Waals surface area (Å²) in [5.74, 6) is -1.17. The highest BCUT2D eigenvalue weighted by Crippen LogP contribution is 2.27. The predicted molar refractivity (Wildman–Crippen MR) is 145 cm³/mol. The van der Waals surface area contributed by atoms with E-state index in [0.29, 0.717) is 0 Å². The molecule has 0 heterocycles. The molecule has 5 aromatic rings. The number of hydrogen-bond donors (Lipinski definition) is 1. The van der Waals surface area contributed by atoms with Gasteiger partial charge in [-0.15, -0.1) is 0 Å². The summed E-state index contributed by atoms with van der Waals surface area (Å²) in [4.78, 5) is 12.9. The quantitative estimate of drug-likeness (QED) is 0.179. The number of amides is 1. The van der Waals surface area contributed by atoms with Crippen molar-refractivity contribution in [2.75, 3.05) is 10.8 Å². The van der Waals surface area contributed by atoms with Crippen molar-refractivity contribution in [2.24, 2.45) is 5.10 Å². The summed E-state index contributed by atoms with van der Waals surface area (Å²) in [6, 6.07) is 30.5. The number of carbonyl (C=O) groups excluding carboxylic acids is 1. The van der Waals surface area contributed by atoms with Crippen molar-refractivity contribution in [1.29, 1.82) is 0 Å². The fourth-order valence-corrected chi connectivity index (χ4v) is 5.61. The van der Waals surface area contributed by atoms with Crippen molar-refractivity contribution in [3.05, 3.63) is 121 Å². The van der Waals surface area contributed by atoms with E-state index in [0.717, 1.165) is 43.5 Å². The number of hydrazone groups is 1. The predicted octanol–water partition coefficient (Wildman–Crippen LogP) is 5.48. The van der Waals surface area contributed by atoms with Gasteiger partial charge in [-0.05, 0) is 64.0 Å². The summed E-state index contributed by atoms with van der Waals surface area (Å²) in [6.07, 6.45) is 1.57. The SMILES string of the molecule is O=C(CN(c1ccc(F)cc1)S(=O)(=O)c1ccccc1)N/N=C\c1c2ccccc2cc2ccccc12. The van der Waals surface area contributed by atoms with Gasteiger partial charge < -0.3 is 0 Å². The molecule has 0 saturated heterocycles. The number of sulfonamides is 1. The molecule has 184 valence electrons. The van der Waals surface area contributed by atoms with Crippen LogP contribution in [0.2, 0.25) is 0 Å². The van der Waals surface area contributed by atoms with E-state index in [1.165, 1.54) is 24.3 Å². The van der Waals surface area contributed by atoms with E-state index >= 15 is 0 Å². The maximum atomic E-state index is 13.5. The molecule has 0 saturated carbocycles. The van der Waals surface area contributed by atoms with Crippen LogP contribution in [0.5, 0.6) is 0 Å². The van der Waals surface area contributed by atoms with Gasteiger partial charge in [0.15, 0.2) is 0 Å². The van der Waals surface area contributed by atoms with Crippen molar-refractivity contribution >= 4 is 49.4 Å². The number of nitrogens with one attached hydrogen (secondary N) is 1. The molecule has 0 aliphatic carbocycles. The molecule has 0 fully saturated rings. The summed E-state index contributed by atoms with van der Waals surface area (Å²) in [7, 11) is -4.10. The van der Waals surface area contributed by atoms with Gasteiger partial charge in [-0.1, -0.05) is 66.7 Å². The van der Waals surface area contributed by atoms with E-state index in [4.69, 9.17) is 0 Å². The molecule has 8 heteroatoms. The fourth-order valence-electron chi connectivity index (χ4n) is 4.16. The molecular formula is C29H22FN3O3S. The molecule has 37 heavy (non-hydrogen) atoms. The van der Waals surface area contributed by atoms with Crippen LogP contribution in [0.4, 0.5) is 10.1 Å². The molecule has 5 aromatic carbocycles. The molecule has 0 spiro atoms. The lowest BCUT2D eigenvalue weighted by atomic mass is 9.97. The third-order valence-electron chi connectivity index (χ3n) is 5.93. The first kappa shape index (κ1) is 24.1. The zero-order valence-corrected chi connectivity index (χ0v) is 20.4. The number of nitrogens with zero attached hydrogens (tertiary/aromatic N) is 2. The van der Waals surface area contributed by atoms with Crippen LogP contribution in [-0.4, -0.2) is 27.1 Å². The lowest BCUT2D eigenvalue weighted by Crippen LogP contribution is -2.39. The van der Waals surface area contributed by atoms with E-state index in [-0.39, 0.29) is 10.6 Å². The van der Waals surface area contributed by atoms with E-state index in [2.05, 4.69) is 16.6 Å². The Morgan fingerprint density at radius 3 is 2.00 bits per heavy atom. The Bertz CT molecular complexity index is 1670. The Morgan fingerprint density at radius 1 is 0.811 bits per heavy atom. The zero-order valence-electron chi connectivity index (χ0n) is 19.6. The first-order chi connectivity index (χ1) is 17.9. The van der Waals surface area contributed by atoms with Crippen molar-refractivity contribution in [3.8, 4) is 0 Å². The first-order valence-corrected chi connectivity index (χ1v) is 12.9. The number of anilines is 1. The minimum atomic E-state index is -4.10. The first-order valence-electron chi connectivity index (χ1n) is 11.5. The molecule has 0 aromatic heterocycles. The van der Waals surface area contributed by atoms with Gasteiger partial charge >= 0.3 is 0 Å². The molecule has 0 unspecified atom stereocenters. The van der Waals surface area contributed by atoms with E-state index in [1.54, 1.807) is 24.4 Å². The minimum absolute atomic E-state index is 0.0119. The van der Waals surface area contributed by atoms with Gasteiger partial charge in [-0.3, -0.25) is 9.10 Å². The molecule has 0 bridgehead atoms. The van der Waals surface area contributed by atoms with Crippen LogP contribution in [0.25, 0.3) is 21.5 Å². The standard InChI is InChI=1S/C29H22FN3O3S/c30-23-14-16-24(17-15-23)33(37(35,36)25-10-2-1-3-11-25)20-29(34)32-31-19-28-26-12-6-4-8-21(26)18-22-9-5-7-13-27(22)28/h1-19H,20H2,(H,32,34)/b31-19-. The lowest BCUT2D eigenvalue weighted by molar-refractivity contribution is -0.119. The third-order valence-corrected chi connectivity index (χ3v) is 7.72. The Balaban J connectivity index is 1.44. The monoisotopic (exact) mass is 511 g/mol. The molecule has 1 N–H and O–H groups in total.